The summed E-state index contributed by atoms with van der Waals surface area (Å²) < 4.78 is 15.4. The Bertz CT molecular complexity index is 1510. The minimum absolute atomic E-state index is 0.0403. The van der Waals surface area contributed by atoms with E-state index in [0.29, 0.717) is 43.1 Å². The fourth-order valence-electron chi connectivity index (χ4n) is 5.18. The van der Waals surface area contributed by atoms with E-state index in [4.69, 9.17) is 11.6 Å². The van der Waals surface area contributed by atoms with Crippen LogP contribution in [0.4, 0.5) is 15.9 Å². The number of rotatable bonds is 3. The Morgan fingerprint density at radius 3 is 2.77 bits per heavy atom. The van der Waals surface area contributed by atoms with E-state index >= 15 is 0 Å². The number of imidazole rings is 1. The smallest absolute Gasteiger partial charge is 0.327 e. The number of anilines is 2. The number of aromatic nitrogens is 4. The normalized spacial score (nSPS) is 16.2. The molecule has 0 spiro atoms. The summed E-state index contributed by atoms with van der Waals surface area (Å²) in [5.41, 5.74) is 3.23. The lowest BCUT2D eigenvalue weighted by Gasteiger charge is -2.33. The van der Waals surface area contributed by atoms with Gasteiger partial charge in [-0.15, -0.1) is 0 Å². The summed E-state index contributed by atoms with van der Waals surface area (Å²) in [5, 5.41) is 0.241. The number of halogens is 2. The molecule has 2 aliphatic heterocycles. The van der Waals surface area contributed by atoms with Gasteiger partial charge in [-0.2, -0.15) is 0 Å². The number of aromatic amines is 1. The van der Waals surface area contributed by atoms with Crippen LogP contribution in [0.5, 0.6) is 0 Å². The van der Waals surface area contributed by atoms with Gasteiger partial charge in [0.1, 0.15) is 16.8 Å². The summed E-state index contributed by atoms with van der Waals surface area (Å²) in [6.07, 6.45) is 3.75. The fourth-order valence-corrected chi connectivity index (χ4v) is 5.38. The van der Waals surface area contributed by atoms with Gasteiger partial charge >= 0.3 is 5.69 Å². The molecule has 1 aromatic carbocycles. The molecule has 1 fully saturated rings. The molecule has 6 rings (SSSR count). The number of fused-ring (bicyclic) bond motifs is 2. The van der Waals surface area contributed by atoms with Gasteiger partial charge in [0.25, 0.3) is 5.91 Å². The number of carbonyl (C=O) groups is 1. The summed E-state index contributed by atoms with van der Waals surface area (Å²) in [4.78, 5) is 41.2. The van der Waals surface area contributed by atoms with Crippen LogP contribution in [0.1, 0.15) is 34.8 Å². The van der Waals surface area contributed by atoms with E-state index in [1.54, 1.807) is 33.9 Å². The molecule has 1 N–H and O–H groups in total. The standard InChI is InChI=1S/C25H22ClFN6O2/c26-21-13-16(24(34)32-11-5-15-12-17(27)3-4-19(15)32)14-22(29-21)31-9-6-18(7-10-31)33-20-2-1-8-28-23(20)30-25(33)35/h1-4,8,12-14,18H,5-7,9-11H2,(H,28,30,35). The molecule has 1 amide bonds. The molecule has 0 saturated carbocycles. The summed E-state index contributed by atoms with van der Waals surface area (Å²) in [5.74, 6) is 0.140. The highest BCUT2D eigenvalue weighted by Gasteiger charge is 2.28. The number of benzene rings is 1. The Balaban J connectivity index is 1.22. The molecule has 1 saturated heterocycles. The predicted molar refractivity (Wildman–Crippen MR) is 132 cm³/mol. The van der Waals surface area contributed by atoms with Crippen LogP contribution < -0.4 is 15.5 Å². The van der Waals surface area contributed by atoms with Gasteiger partial charge in [0.05, 0.1) is 5.52 Å². The van der Waals surface area contributed by atoms with E-state index in [-0.39, 0.29) is 28.6 Å². The van der Waals surface area contributed by atoms with E-state index < -0.39 is 0 Å². The van der Waals surface area contributed by atoms with Gasteiger partial charge in [0.2, 0.25) is 0 Å². The molecule has 0 atom stereocenters. The first-order valence-corrected chi connectivity index (χ1v) is 11.9. The van der Waals surface area contributed by atoms with Crippen LogP contribution in [0.3, 0.4) is 0 Å². The van der Waals surface area contributed by atoms with Gasteiger partial charge in [-0.05, 0) is 67.3 Å². The Hall–Kier alpha value is -3.72. The topological polar surface area (TPSA) is 87.1 Å². The van der Waals surface area contributed by atoms with Crippen molar-refractivity contribution < 1.29 is 9.18 Å². The lowest BCUT2D eigenvalue weighted by molar-refractivity contribution is 0.0989. The Morgan fingerprint density at radius 1 is 1.11 bits per heavy atom. The number of hydrogen-bond acceptors (Lipinski definition) is 5. The van der Waals surface area contributed by atoms with Crippen molar-refractivity contribution >= 4 is 40.2 Å². The molecule has 3 aromatic heterocycles. The maximum Gasteiger partial charge on any atom is 0.327 e. The minimum atomic E-state index is -0.304. The van der Waals surface area contributed by atoms with Crippen molar-refractivity contribution in [1.82, 2.24) is 19.5 Å². The number of piperidine rings is 1. The number of H-pyrrole nitrogens is 1. The molecule has 0 unspecified atom stereocenters. The summed E-state index contributed by atoms with van der Waals surface area (Å²) >= 11 is 6.32. The molecule has 0 aliphatic carbocycles. The van der Waals surface area contributed by atoms with E-state index in [2.05, 4.69) is 19.9 Å². The van der Waals surface area contributed by atoms with Gasteiger partial charge < -0.3 is 9.80 Å². The molecule has 0 radical (unpaired) electrons. The fraction of sp³-hybridized carbons (Fsp3) is 0.280. The first-order valence-electron chi connectivity index (χ1n) is 11.6. The quantitative estimate of drug-likeness (QED) is 0.437. The van der Waals surface area contributed by atoms with Crippen LogP contribution in [0.25, 0.3) is 11.2 Å². The second-order valence-electron chi connectivity index (χ2n) is 8.91. The number of hydrogen-bond donors (Lipinski definition) is 1. The number of nitrogens with zero attached hydrogens (tertiary/aromatic N) is 5. The zero-order valence-corrected chi connectivity index (χ0v) is 19.5. The lowest BCUT2D eigenvalue weighted by Crippen LogP contribution is -2.37. The second kappa shape index (κ2) is 8.49. The lowest BCUT2D eigenvalue weighted by atomic mass is 10.0. The highest BCUT2D eigenvalue weighted by Crippen LogP contribution is 2.32. The number of amides is 1. The first kappa shape index (κ1) is 21.8. The third-order valence-electron chi connectivity index (χ3n) is 6.85. The van der Waals surface area contributed by atoms with Crippen LogP contribution in [-0.4, -0.2) is 45.1 Å². The van der Waals surface area contributed by atoms with Crippen LogP contribution in [0.15, 0.2) is 53.5 Å². The number of pyridine rings is 2. The molecule has 8 nitrogen and oxygen atoms in total. The highest BCUT2D eigenvalue weighted by atomic mass is 35.5. The van der Waals surface area contributed by atoms with E-state index in [0.717, 1.165) is 29.6 Å². The van der Waals surface area contributed by atoms with Crippen molar-refractivity contribution in [2.24, 2.45) is 0 Å². The van der Waals surface area contributed by atoms with E-state index in [1.165, 1.54) is 12.1 Å². The zero-order chi connectivity index (χ0) is 24.1. The third-order valence-corrected chi connectivity index (χ3v) is 7.05. The Morgan fingerprint density at radius 2 is 1.94 bits per heavy atom. The van der Waals surface area contributed by atoms with Crippen molar-refractivity contribution in [2.45, 2.75) is 25.3 Å². The third kappa shape index (κ3) is 3.85. The maximum absolute atomic E-state index is 13.6. The van der Waals surface area contributed by atoms with E-state index in [1.807, 2.05) is 12.1 Å². The van der Waals surface area contributed by atoms with E-state index in [9.17, 15) is 14.0 Å². The van der Waals surface area contributed by atoms with Gasteiger partial charge in [0.15, 0.2) is 5.65 Å². The van der Waals surface area contributed by atoms with Crippen LogP contribution >= 0.6 is 11.6 Å². The molecule has 2 aliphatic rings. The largest absolute Gasteiger partial charge is 0.356 e. The van der Waals surface area contributed by atoms with Gasteiger partial charge in [0, 0.05) is 43.1 Å². The molecule has 10 heteroatoms. The van der Waals surface area contributed by atoms with Crippen molar-refractivity contribution in [1.29, 1.82) is 0 Å². The molecule has 4 aromatic rings. The van der Waals surface area contributed by atoms with Crippen molar-refractivity contribution in [3.05, 3.63) is 81.2 Å². The molecule has 35 heavy (non-hydrogen) atoms. The Labute approximate surface area is 205 Å². The van der Waals surface area contributed by atoms with Crippen LogP contribution in [0.2, 0.25) is 5.15 Å². The molecule has 0 bridgehead atoms. The highest BCUT2D eigenvalue weighted by molar-refractivity contribution is 6.30. The molecular weight excluding hydrogens is 471 g/mol. The Kier molecular flexibility index (Phi) is 5.29. The second-order valence-corrected chi connectivity index (χ2v) is 9.29. The van der Waals surface area contributed by atoms with Crippen LogP contribution in [-0.2, 0) is 6.42 Å². The van der Waals surface area contributed by atoms with Crippen molar-refractivity contribution in [2.75, 3.05) is 29.4 Å². The zero-order valence-electron chi connectivity index (χ0n) is 18.7. The first-order chi connectivity index (χ1) is 17.0. The SMILES string of the molecule is O=C(c1cc(Cl)nc(N2CCC(n3c(=O)[nH]c4ncccc43)CC2)c1)N1CCc2cc(F)ccc21. The van der Waals surface area contributed by atoms with Gasteiger partial charge in [-0.25, -0.2) is 19.2 Å². The minimum Gasteiger partial charge on any atom is -0.356 e. The average molecular weight is 493 g/mol. The van der Waals surface area contributed by atoms with Crippen LogP contribution in [0, 0.1) is 5.82 Å². The molecule has 5 heterocycles. The summed E-state index contributed by atoms with van der Waals surface area (Å²) in [6.45, 7) is 1.82. The number of carbonyl (C=O) groups excluding carboxylic acids is 1. The van der Waals surface area contributed by atoms with Crippen molar-refractivity contribution in [3.63, 3.8) is 0 Å². The molecule has 178 valence electrons. The average Bonchev–Trinajstić information content (AvgIpc) is 3.43. The predicted octanol–water partition coefficient (Wildman–Crippen LogP) is 3.96. The maximum atomic E-state index is 13.6. The van der Waals surface area contributed by atoms with Crippen molar-refractivity contribution in [3.8, 4) is 0 Å². The molecular formula is C25H22ClFN6O2. The van der Waals surface area contributed by atoms with Gasteiger partial charge in [-0.1, -0.05) is 11.6 Å². The van der Waals surface area contributed by atoms with Gasteiger partial charge in [-0.3, -0.25) is 14.3 Å². The summed E-state index contributed by atoms with van der Waals surface area (Å²) in [7, 11) is 0. The monoisotopic (exact) mass is 492 g/mol. The number of nitrogens with one attached hydrogen (secondary N) is 1. The summed E-state index contributed by atoms with van der Waals surface area (Å²) in [6, 6.07) is 11.6.